The first-order valence-electron chi connectivity index (χ1n) is 4.09. The Morgan fingerprint density at radius 1 is 1.27 bits per heavy atom. The van der Waals surface area contributed by atoms with Gasteiger partial charge in [0, 0.05) is 19.0 Å². The zero-order valence-corrected chi connectivity index (χ0v) is 9.15. The van der Waals surface area contributed by atoms with Crippen molar-refractivity contribution in [2.24, 2.45) is 0 Å². The minimum absolute atomic E-state index is 0.171. The van der Waals surface area contributed by atoms with Crippen LogP contribution in [-0.4, -0.2) is 32.9 Å². The average Bonchev–Trinajstić information content (AvgIpc) is 2.15. The number of hydrogen-bond acceptors (Lipinski definition) is 3. The van der Waals surface area contributed by atoms with Gasteiger partial charge in [-0.05, 0) is 24.3 Å². The van der Waals surface area contributed by atoms with E-state index in [4.69, 9.17) is 5.11 Å². The molecule has 1 rings (SSSR count). The first-order valence-corrected chi connectivity index (χ1v) is 5.98. The lowest BCUT2D eigenvalue weighted by molar-refractivity contribution is 0.203. The fourth-order valence-electron chi connectivity index (χ4n) is 1.03. The molecule has 0 aliphatic heterocycles. The molecule has 1 amide bonds. The summed E-state index contributed by atoms with van der Waals surface area (Å²) >= 11 is 0. The molecule has 0 aliphatic rings. The van der Waals surface area contributed by atoms with Gasteiger partial charge < -0.3 is 5.11 Å². The topological polar surface area (TPSA) is 74.7 Å². The van der Waals surface area contributed by atoms with E-state index < -0.39 is 15.9 Å². The molecule has 0 aliphatic carbocycles. The molecular formula is C9H11NO4S. The van der Waals surface area contributed by atoms with E-state index in [1.54, 1.807) is 0 Å². The van der Waals surface area contributed by atoms with Crippen molar-refractivity contribution in [1.82, 2.24) is 0 Å². The fraction of sp³-hybridized carbons (Fsp3) is 0.222. The van der Waals surface area contributed by atoms with Gasteiger partial charge in [0.05, 0.1) is 4.90 Å². The second kappa shape index (κ2) is 3.90. The highest BCUT2D eigenvalue weighted by Crippen LogP contribution is 2.16. The van der Waals surface area contributed by atoms with Crippen LogP contribution in [0.25, 0.3) is 0 Å². The molecule has 0 fully saturated rings. The Morgan fingerprint density at radius 2 is 1.73 bits per heavy atom. The fourth-order valence-corrected chi connectivity index (χ4v) is 1.66. The Labute approximate surface area is 87.9 Å². The Morgan fingerprint density at radius 3 is 2.07 bits per heavy atom. The summed E-state index contributed by atoms with van der Waals surface area (Å²) in [5.41, 5.74) is 0.426. The predicted octanol–water partition coefficient (Wildman–Crippen LogP) is 1.20. The zero-order chi connectivity index (χ0) is 11.6. The highest BCUT2D eigenvalue weighted by Gasteiger charge is 2.10. The van der Waals surface area contributed by atoms with Gasteiger partial charge in [-0.2, -0.15) is 0 Å². The molecule has 0 atom stereocenters. The van der Waals surface area contributed by atoms with Crippen LogP contribution < -0.4 is 4.90 Å². The Bertz CT molecular complexity index is 463. The number of nitrogens with zero attached hydrogens (tertiary/aromatic N) is 1. The van der Waals surface area contributed by atoms with Gasteiger partial charge in [0.1, 0.15) is 0 Å². The van der Waals surface area contributed by atoms with E-state index in [9.17, 15) is 13.2 Å². The third-order valence-electron chi connectivity index (χ3n) is 1.94. The SMILES string of the molecule is CN(C(=O)O)c1ccc(S(C)(=O)=O)cc1. The van der Waals surface area contributed by atoms with E-state index in [2.05, 4.69) is 0 Å². The second-order valence-electron chi connectivity index (χ2n) is 3.11. The van der Waals surface area contributed by atoms with Crippen molar-refractivity contribution in [2.75, 3.05) is 18.2 Å². The van der Waals surface area contributed by atoms with Gasteiger partial charge in [-0.25, -0.2) is 13.2 Å². The van der Waals surface area contributed by atoms with E-state index >= 15 is 0 Å². The number of anilines is 1. The molecule has 0 radical (unpaired) electrons. The molecule has 1 aromatic carbocycles. The monoisotopic (exact) mass is 229 g/mol. The maximum Gasteiger partial charge on any atom is 0.411 e. The van der Waals surface area contributed by atoms with Crippen LogP contribution in [-0.2, 0) is 9.84 Å². The van der Waals surface area contributed by atoms with Crippen molar-refractivity contribution < 1.29 is 18.3 Å². The smallest absolute Gasteiger partial charge is 0.411 e. The number of carboxylic acid groups (broad SMARTS) is 1. The molecule has 0 unspecified atom stereocenters. The molecule has 5 nitrogen and oxygen atoms in total. The summed E-state index contributed by atoms with van der Waals surface area (Å²) in [5.74, 6) is 0. The third-order valence-corrected chi connectivity index (χ3v) is 3.07. The van der Waals surface area contributed by atoms with Crippen molar-refractivity contribution in [3.05, 3.63) is 24.3 Å². The Hall–Kier alpha value is -1.56. The van der Waals surface area contributed by atoms with Gasteiger partial charge in [-0.15, -0.1) is 0 Å². The van der Waals surface area contributed by atoms with Gasteiger partial charge >= 0.3 is 6.09 Å². The van der Waals surface area contributed by atoms with Crippen molar-refractivity contribution in [1.29, 1.82) is 0 Å². The summed E-state index contributed by atoms with van der Waals surface area (Å²) < 4.78 is 22.2. The van der Waals surface area contributed by atoms with Crippen molar-refractivity contribution in [3.63, 3.8) is 0 Å². The molecule has 0 bridgehead atoms. The molecule has 15 heavy (non-hydrogen) atoms. The van der Waals surface area contributed by atoms with E-state index in [1.807, 2.05) is 0 Å². The molecular weight excluding hydrogens is 218 g/mol. The van der Waals surface area contributed by atoms with Crippen LogP contribution >= 0.6 is 0 Å². The highest BCUT2D eigenvalue weighted by molar-refractivity contribution is 7.90. The largest absolute Gasteiger partial charge is 0.465 e. The summed E-state index contributed by atoms with van der Waals surface area (Å²) in [4.78, 5) is 11.8. The molecule has 0 saturated heterocycles. The summed E-state index contributed by atoms with van der Waals surface area (Å²) in [5, 5.41) is 8.67. The average molecular weight is 229 g/mol. The standard InChI is InChI=1S/C9H11NO4S/c1-10(9(11)12)7-3-5-8(6-4-7)15(2,13)14/h3-6H,1-2H3,(H,11,12). The van der Waals surface area contributed by atoms with Crippen LogP contribution in [0.5, 0.6) is 0 Å². The molecule has 6 heteroatoms. The van der Waals surface area contributed by atoms with Gasteiger partial charge in [-0.3, -0.25) is 4.90 Å². The number of amides is 1. The Kier molecular flexibility index (Phi) is 2.99. The second-order valence-corrected chi connectivity index (χ2v) is 5.12. The maximum atomic E-state index is 11.1. The van der Waals surface area contributed by atoms with Gasteiger partial charge in [0.15, 0.2) is 9.84 Å². The number of carbonyl (C=O) groups is 1. The molecule has 0 spiro atoms. The Balaban J connectivity index is 3.06. The van der Waals surface area contributed by atoms with E-state index in [-0.39, 0.29) is 4.90 Å². The van der Waals surface area contributed by atoms with Crippen LogP contribution in [0.4, 0.5) is 10.5 Å². The van der Waals surface area contributed by atoms with E-state index in [0.29, 0.717) is 5.69 Å². The number of hydrogen-bond donors (Lipinski definition) is 1. The summed E-state index contributed by atoms with van der Waals surface area (Å²) in [7, 11) is -1.84. The number of rotatable bonds is 2. The van der Waals surface area contributed by atoms with Crippen LogP contribution in [0.15, 0.2) is 29.2 Å². The first-order chi connectivity index (χ1) is 6.82. The maximum absolute atomic E-state index is 11.1. The highest BCUT2D eigenvalue weighted by atomic mass is 32.2. The first kappa shape index (κ1) is 11.5. The predicted molar refractivity (Wildman–Crippen MR) is 56.0 cm³/mol. The quantitative estimate of drug-likeness (QED) is 0.827. The summed E-state index contributed by atoms with van der Waals surface area (Å²) in [6.07, 6.45) is 0.00484. The van der Waals surface area contributed by atoms with Crippen molar-refractivity contribution in [3.8, 4) is 0 Å². The summed E-state index contributed by atoms with van der Waals surface area (Å²) in [6.45, 7) is 0. The molecule has 0 saturated carbocycles. The van der Waals surface area contributed by atoms with Crippen LogP contribution in [0.2, 0.25) is 0 Å². The van der Waals surface area contributed by atoms with Gasteiger partial charge in [-0.1, -0.05) is 0 Å². The molecule has 1 N–H and O–H groups in total. The van der Waals surface area contributed by atoms with Crippen molar-refractivity contribution in [2.45, 2.75) is 4.90 Å². The molecule has 0 aromatic heterocycles. The van der Waals surface area contributed by atoms with E-state index in [0.717, 1.165) is 11.2 Å². The molecule has 1 aromatic rings. The van der Waals surface area contributed by atoms with Gasteiger partial charge in [0.25, 0.3) is 0 Å². The summed E-state index contributed by atoms with van der Waals surface area (Å²) in [6, 6.07) is 5.66. The van der Waals surface area contributed by atoms with Crippen molar-refractivity contribution >= 4 is 21.6 Å². The lowest BCUT2D eigenvalue weighted by Gasteiger charge is -2.12. The zero-order valence-electron chi connectivity index (χ0n) is 8.34. The van der Waals surface area contributed by atoms with Crippen LogP contribution in [0.1, 0.15) is 0 Å². The normalized spacial score (nSPS) is 11.1. The van der Waals surface area contributed by atoms with E-state index in [1.165, 1.54) is 31.3 Å². The van der Waals surface area contributed by atoms with Crippen LogP contribution in [0.3, 0.4) is 0 Å². The molecule has 0 heterocycles. The minimum atomic E-state index is -3.23. The number of sulfone groups is 1. The lowest BCUT2D eigenvalue weighted by atomic mass is 10.3. The third kappa shape index (κ3) is 2.69. The minimum Gasteiger partial charge on any atom is -0.465 e. The van der Waals surface area contributed by atoms with Crippen LogP contribution in [0, 0.1) is 0 Å². The molecule has 82 valence electrons. The van der Waals surface area contributed by atoms with Gasteiger partial charge in [0.2, 0.25) is 0 Å². The lowest BCUT2D eigenvalue weighted by Crippen LogP contribution is -2.23. The number of benzene rings is 1.